The van der Waals surface area contributed by atoms with Gasteiger partial charge in [-0.05, 0) is 11.8 Å². The first kappa shape index (κ1) is 15.9. The van der Waals surface area contributed by atoms with Crippen LogP contribution in [0.3, 0.4) is 0 Å². The van der Waals surface area contributed by atoms with Crippen LogP contribution in [0.2, 0.25) is 0 Å². The lowest BCUT2D eigenvalue weighted by Crippen LogP contribution is -2.50. The molecule has 1 amide bonds. The first-order valence-electron chi connectivity index (χ1n) is 5.96. The average molecular weight is 244 g/mol. The summed E-state index contributed by atoms with van der Waals surface area (Å²) < 4.78 is 0. The molecule has 2 unspecified atom stereocenters. The lowest BCUT2D eigenvalue weighted by Gasteiger charge is -2.31. The van der Waals surface area contributed by atoms with Gasteiger partial charge in [0.25, 0.3) is 0 Å². The molecule has 0 aliphatic heterocycles. The quantitative estimate of drug-likeness (QED) is 0.652. The first-order chi connectivity index (χ1) is 7.68. The van der Waals surface area contributed by atoms with E-state index in [4.69, 9.17) is 10.8 Å². The zero-order valence-electron chi connectivity index (χ0n) is 11.1. The van der Waals surface area contributed by atoms with Gasteiger partial charge in [-0.15, -0.1) is 0 Å². The highest BCUT2D eigenvalue weighted by molar-refractivity contribution is 5.82. The zero-order valence-corrected chi connectivity index (χ0v) is 11.1. The molecular formula is C12H24N2O3. The minimum Gasteiger partial charge on any atom is -0.481 e. The minimum absolute atomic E-state index is 0.0892. The molecule has 5 nitrogen and oxygen atoms in total. The number of hydrogen-bond donors (Lipinski definition) is 3. The molecule has 0 saturated heterocycles. The van der Waals surface area contributed by atoms with Gasteiger partial charge in [0.15, 0.2) is 0 Å². The predicted octanol–water partition coefficient (Wildman–Crippen LogP) is 1.12. The van der Waals surface area contributed by atoms with Gasteiger partial charge in [-0.2, -0.15) is 0 Å². The maximum atomic E-state index is 11.7. The van der Waals surface area contributed by atoms with Crippen LogP contribution in [-0.4, -0.2) is 29.1 Å². The van der Waals surface area contributed by atoms with Gasteiger partial charge in [0.2, 0.25) is 5.91 Å². The molecule has 0 aromatic rings. The number of nitrogens with one attached hydrogen (secondary N) is 1. The number of nitrogens with two attached hydrogens (primary N) is 1. The molecule has 0 rings (SSSR count). The van der Waals surface area contributed by atoms with E-state index in [0.717, 1.165) is 6.42 Å². The van der Waals surface area contributed by atoms with E-state index in [0.29, 0.717) is 6.42 Å². The Labute approximate surface area is 103 Å². The van der Waals surface area contributed by atoms with E-state index in [1.807, 2.05) is 27.7 Å². The Balaban J connectivity index is 4.54. The number of aliphatic carboxylic acids is 1. The smallest absolute Gasteiger partial charge is 0.305 e. The van der Waals surface area contributed by atoms with Crippen LogP contribution in [0.5, 0.6) is 0 Å². The molecule has 0 fully saturated rings. The van der Waals surface area contributed by atoms with E-state index in [1.54, 1.807) is 0 Å². The Morgan fingerprint density at radius 2 is 1.88 bits per heavy atom. The van der Waals surface area contributed by atoms with Gasteiger partial charge >= 0.3 is 5.97 Å². The molecule has 4 N–H and O–H groups in total. The van der Waals surface area contributed by atoms with E-state index in [1.165, 1.54) is 0 Å². The third-order valence-electron chi connectivity index (χ3n) is 2.68. The fourth-order valence-corrected chi connectivity index (χ4v) is 1.47. The van der Waals surface area contributed by atoms with Gasteiger partial charge in [-0.25, -0.2) is 0 Å². The van der Waals surface area contributed by atoms with Crippen molar-refractivity contribution < 1.29 is 14.7 Å². The molecule has 0 aromatic carbocycles. The maximum absolute atomic E-state index is 11.7. The number of hydrogen-bond acceptors (Lipinski definition) is 3. The van der Waals surface area contributed by atoms with Crippen LogP contribution < -0.4 is 11.1 Å². The molecule has 17 heavy (non-hydrogen) atoms. The summed E-state index contributed by atoms with van der Waals surface area (Å²) in [6, 6.07) is -0.964. The number of amides is 1. The molecule has 5 heteroatoms. The number of carboxylic acids is 1. The van der Waals surface area contributed by atoms with Gasteiger partial charge in [0.1, 0.15) is 0 Å². The normalized spacial score (nSPS) is 15.1. The summed E-state index contributed by atoms with van der Waals surface area (Å²) in [6.07, 6.45) is 1.34. The second-order valence-corrected chi connectivity index (χ2v) is 5.42. The second-order valence-electron chi connectivity index (χ2n) is 5.42. The summed E-state index contributed by atoms with van der Waals surface area (Å²) >= 11 is 0. The number of carbonyl (C=O) groups excluding carboxylic acids is 1. The van der Waals surface area contributed by atoms with Crippen LogP contribution in [0.1, 0.15) is 47.0 Å². The van der Waals surface area contributed by atoms with Gasteiger partial charge in [-0.1, -0.05) is 34.1 Å². The molecule has 0 bridgehead atoms. The minimum atomic E-state index is -0.922. The fourth-order valence-electron chi connectivity index (χ4n) is 1.47. The molecule has 0 heterocycles. The van der Waals surface area contributed by atoms with Crippen molar-refractivity contribution in [3.05, 3.63) is 0 Å². The molecule has 0 aliphatic rings. The van der Waals surface area contributed by atoms with Gasteiger partial charge < -0.3 is 16.2 Å². The van der Waals surface area contributed by atoms with Crippen molar-refractivity contribution in [1.82, 2.24) is 5.32 Å². The topological polar surface area (TPSA) is 92.4 Å². The third kappa shape index (κ3) is 6.26. The van der Waals surface area contributed by atoms with Crippen molar-refractivity contribution in [1.29, 1.82) is 0 Å². The monoisotopic (exact) mass is 244 g/mol. The predicted molar refractivity (Wildman–Crippen MR) is 66.5 cm³/mol. The van der Waals surface area contributed by atoms with E-state index in [9.17, 15) is 9.59 Å². The zero-order chi connectivity index (χ0) is 13.6. The maximum Gasteiger partial charge on any atom is 0.305 e. The van der Waals surface area contributed by atoms with Crippen LogP contribution in [0, 0.1) is 5.41 Å². The van der Waals surface area contributed by atoms with Crippen molar-refractivity contribution >= 4 is 11.9 Å². The summed E-state index contributed by atoms with van der Waals surface area (Å²) in [4.78, 5) is 22.5. The Morgan fingerprint density at radius 1 is 1.35 bits per heavy atom. The van der Waals surface area contributed by atoms with Gasteiger partial charge in [-0.3, -0.25) is 9.59 Å². The van der Waals surface area contributed by atoms with E-state index in [-0.39, 0.29) is 17.7 Å². The largest absolute Gasteiger partial charge is 0.481 e. The molecular weight excluding hydrogens is 220 g/mol. The van der Waals surface area contributed by atoms with Crippen molar-refractivity contribution in [3.63, 3.8) is 0 Å². The van der Waals surface area contributed by atoms with Crippen LogP contribution in [0.15, 0.2) is 0 Å². The van der Waals surface area contributed by atoms with Crippen molar-refractivity contribution in [2.45, 2.75) is 59.0 Å². The lowest BCUT2D eigenvalue weighted by atomic mass is 9.84. The fraction of sp³-hybridized carbons (Fsp3) is 0.833. The highest BCUT2D eigenvalue weighted by Gasteiger charge is 2.29. The summed E-state index contributed by atoms with van der Waals surface area (Å²) in [7, 11) is 0. The van der Waals surface area contributed by atoms with E-state index in [2.05, 4.69) is 5.32 Å². The lowest BCUT2D eigenvalue weighted by molar-refractivity contribution is -0.138. The van der Waals surface area contributed by atoms with Gasteiger partial charge in [0.05, 0.1) is 12.5 Å². The number of carbonyl (C=O) groups is 2. The highest BCUT2D eigenvalue weighted by Crippen LogP contribution is 2.22. The average Bonchev–Trinajstić information content (AvgIpc) is 2.14. The van der Waals surface area contributed by atoms with Crippen LogP contribution in [0.4, 0.5) is 0 Å². The standard InChI is InChI=1S/C12H24N2O3/c1-5-6-8(13)11(17)14-9(7-10(15)16)12(2,3)4/h8-9H,5-7,13H2,1-4H3,(H,14,17)(H,15,16). The highest BCUT2D eigenvalue weighted by atomic mass is 16.4. The van der Waals surface area contributed by atoms with Crippen LogP contribution in [0.25, 0.3) is 0 Å². The molecule has 0 saturated carbocycles. The molecule has 0 aliphatic carbocycles. The summed E-state index contributed by atoms with van der Waals surface area (Å²) in [5.74, 6) is -1.19. The molecule has 100 valence electrons. The first-order valence-corrected chi connectivity index (χ1v) is 5.96. The number of rotatable bonds is 6. The summed E-state index contributed by atoms with van der Waals surface area (Å²) in [5.41, 5.74) is 5.39. The Kier molecular flexibility index (Phi) is 6.16. The second kappa shape index (κ2) is 6.59. The van der Waals surface area contributed by atoms with E-state index >= 15 is 0 Å². The van der Waals surface area contributed by atoms with Crippen molar-refractivity contribution in [3.8, 4) is 0 Å². The Hall–Kier alpha value is -1.10. The number of carboxylic acid groups (broad SMARTS) is 1. The van der Waals surface area contributed by atoms with Crippen molar-refractivity contribution in [2.24, 2.45) is 11.1 Å². The Morgan fingerprint density at radius 3 is 2.24 bits per heavy atom. The van der Waals surface area contributed by atoms with E-state index < -0.39 is 18.1 Å². The summed E-state index contributed by atoms with van der Waals surface area (Å²) in [5, 5.41) is 11.5. The van der Waals surface area contributed by atoms with Crippen LogP contribution in [-0.2, 0) is 9.59 Å². The molecule has 0 aromatic heterocycles. The molecule has 2 atom stereocenters. The Bertz CT molecular complexity index is 271. The van der Waals surface area contributed by atoms with Crippen LogP contribution >= 0.6 is 0 Å². The molecule has 0 spiro atoms. The summed E-state index contributed by atoms with van der Waals surface area (Å²) in [6.45, 7) is 7.64. The van der Waals surface area contributed by atoms with Crippen molar-refractivity contribution in [2.75, 3.05) is 0 Å². The molecule has 0 radical (unpaired) electrons. The SMILES string of the molecule is CCCC(N)C(=O)NC(CC(=O)O)C(C)(C)C. The van der Waals surface area contributed by atoms with Gasteiger partial charge in [0, 0.05) is 6.04 Å². The third-order valence-corrected chi connectivity index (χ3v) is 2.68.